The summed E-state index contributed by atoms with van der Waals surface area (Å²) in [6.45, 7) is 0.565. The molecule has 0 aliphatic carbocycles. The van der Waals surface area contributed by atoms with Gasteiger partial charge in [0.05, 0.1) is 11.6 Å². The SMILES string of the molecule is Fc1cc2c(c(CSc3ncccc3Cl)c1)OCOC2. The third-order valence-corrected chi connectivity index (χ3v) is 4.31. The second kappa shape index (κ2) is 5.99. The second-order valence-electron chi connectivity index (χ2n) is 4.24. The van der Waals surface area contributed by atoms with Crippen LogP contribution < -0.4 is 4.74 Å². The lowest BCUT2D eigenvalue weighted by atomic mass is 10.1. The summed E-state index contributed by atoms with van der Waals surface area (Å²) < 4.78 is 24.2. The van der Waals surface area contributed by atoms with E-state index in [1.807, 2.05) is 0 Å². The van der Waals surface area contributed by atoms with Gasteiger partial charge >= 0.3 is 0 Å². The van der Waals surface area contributed by atoms with Crippen molar-refractivity contribution in [1.29, 1.82) is 0 Å². The molecule has 3 rings (SSSR count). The molecule has 0 radical (unpaired) electrons. The van der Waals surface area contributed by atoms with Crippen LogP contribution in [0.5, 0.6) is 5.75 Å². The first-order chi connectivity index (χ1) is 9.74. The third kappa shape index (κ3) is 2.90. The van der Waals surface area contributed by atoms with Crippen molar-refractivity contribution in [2.45, 2.75) is 17.4 Å². The summed E-state index contributed by atoms with van der Waals surface area (Å²) in [5, 5.41) is 1.31. The smallest absolute Gasteiger partial charge is 0.189 e. The van der Waals surface area contributed by atoms with Gasteiger partial charge < -0.3 is 9.47 Å². The van der Waals surface area contributed by atoms with E-state index in [-0.39, 0.29) is 12.6 Å². The number of pyridine rings is 1. The fourth-order valence-electron chi connectivity index (χ4n) is 1.99. The molecule has 1 aliphatic heterocycles. The fraction of sp³-hybridized carbons (Fsp3) is 0.214. The van der Waals surface area contributed by atoms with E-state index in [4.69, 9.17) is 21.1 Å². The van der Waals surface area contributed by atoms with Gasteiger partial charge in [0.15, 0.2) is 6.79 Å². The highest BCUT2D eigenvalue weighted by atomic mass is 35.5. The Labute approximate surface area is 125 Å². The Bertz CT molecular complexity index is 639. The van der Waals surface area contributed by atoms with E-state index in [9.17, 15) is 4.39 Å². The monoisotopic (exact) mass is 311 g/mol. The maximum atomic E-state index is 13.6. The molecule has 2 heterocycles. The molecule has 0 unspecified atom stereocenters. The van der Waals surface area contributed by atoms with Gasteiger partial charge in [-0.15, -0.1) is 11.8 Å². The summed E-state index contributed by atoms with van der Waals surface area (Å²) in [6.07, 6.45) is 1.68. The van der Waals surface area contributed by atoms with E-state index in [0.717, 1.165) is 16.2 Å². The van der Waals surface area contributed by atoms with Crippen LogP contribution >= 0.6 is 23.4 Å². The van der Waals surface area contributed by atoms with Crippen molar-refractivity contribution >= 4 is 23.4 Å². The molecule has 1 aliphatic rings. The molecule has 0 amide bonds. The van der Waals surface area contributed by atoms with Gasteiger partial charge in [-0.3, -0.25) is 0 Å². The number of nitrogens with zero attached hydrogens (tertiary/aromatic N) is 1. The molecule has 0 N–H and O–H groups in total. The summed E-state index contributed by atoms with van der Waals surface area (Å²) in [4.78, 5) is 4.20. The van der Waals surface area contributed by atoms with Crippen LogP contribution in [-0.4, -0.2) is 11.8 Å². The topological polar surface area (TPSA) is 31.4 Å². The number of hydrogen-bond donors (Lipinski definition) is 0. The van der Waals surface area contributed by atoms with Crippen LogP contribution in [0, 0.1) is 5.82 Å². The van der Waals surface area contributed by atoms with Crippen LogP contribution in [-0.2, 0) is 17.1 Å². The van der Waals surface area contributed by atoms with Gasteiger partial charge in [-0.25, -0.2) is 9.37 Å². The molecule has 0 atom stereocenters. The van der Waals surface area contributed by atoms with Crippen LogP contribution in [0.4, 0.5) is 4.39 Å². The van der Waals surface area contributed by atoms with Crippen LogP contribution in [0.25, 0.3) is 0 Å². The lowest BCUT2D eigenvalue weighted by Gasteiger charge is -2.20. The predicted molar refractivity (Wildman–Crippen MR) is 75.5 cm³/mol. The zero-order chi connectivity index (χ0) is 13.9. The van der Waals surface area contributed by atoms with Crippen molar-refractivity contribution < 1.29 is 13.9 Å². The van der Waals surface area contributed by atoms with E-state index in [1.54, 1.807) is 18.3 Å². The zero-order valence-electron chi connectivity index (χ0n) is 10.4. The molecule has 6 heteroatoms. The minimum Gasteiger partial charge on any atom is -0.467 e. The number of ether oxygens (including phenoxy) is 2. The lowest BCUT2D eigenvalue weighted by molar-refractivity contribution is -0.0171. The molecular weight excluding hydrogens is 301 g/mol. The highest BCUT2D eigenvalue weighted by Crippen LogP contribution is 2.34. The van der Waals surface area contributed by atoms with Crippen molar-refractivity contribution in [2.75, 3.05) is 6.79 Å². The summed E-state index contributed by atoms with van der Waals surface area (Å²) in [5.74, 6) is 0.953. The molecule has 0 bridgehead atoms. The molecule has 1 aromatic carbocycles. The number of hydrogen-bond acceptors (Lipinski definition) is 4. The average molecular weight is 312 g/mol. The lowest BCUT2D eigenvalue weighted by Crippen LogP contribution is -2.13. The van der Waals surface area contributed by atoms with Crippen molar-refractivity contribution in [2.24, 2.45) is 0 Å². The largest absolute Gasteiger partial charge is 0.467 e. The minimum absolute atomic E-state index is 0.195. The minimum atomic E-state index is -0.291. The molecule has 0 saturated heterocycles. The van der Waals surface area contributed by atoms with Gasteiger partial charge in [-0.2, -0.15) is 0 Å². The molecule has 0 saturated carbocycles. The van der Waals surface area contributed by atoms with Crippen molar-refractivity contribution in [1.82, 2.24) is 4.98 Å². The van der Waals surface area contributed by atoms with Crippen LogP contribution in [0.15, 0.2) is 35.5 Å². The summed E-state index contributed by atoms with van der Waals surface area (Å²) in [6, 6.07) is 6.48. The average Bonchev–Trinajstić information content (AvgIpc) is 2.46. The van der Waals surface area contributed by atoms with Crippen LogP contribution in [0.2, 0.25) is 5.02 Å². The molecule has 20 heavy (non-hydrogen) atoms. The number of benzene rings is 1. The first-order valence-corrected chi connectivity index (χ1v) is 7.35. The van der Waals surface area contributed by atoms with Crippen molar-refractivity contribution in [3.63, 3.8) is 0 Å². The molecule has 0 spiro atoms. The Morgan fingerprint density at radius 1 is 1.40 bits per heavy atom. The Kier molecular flexibility index (Phi) is 4.10. The fourth-order valence-corrected chi connectivity index (χ4v) is 3.12. The van der Waals surface area contributed by atoms with E-state index in [1.165, 1.54) is 23.9 Å². The maximum Gasteiger partial charge on any atom is 0.189 e. The molecule has 2 aromatic rings. The van der Waals surface area contributed by atoms with Gasteiger partial charge in [0.2, 0.25) is 0 Å². The maximum absolute atomic E-state index is 13.6. The first-order valence-electron chi connectivity index (χ1n) is 5.99. The summed E-state index contributed by atoms with van der Waals surface area (Å²) in [7, 11) is 0. The molecule has 1 aromatic heterocycles. The normalized spacial score (nSPS) is 13.7. The molecular formula is C14H11ClFNO2S. The Morgan fingerprint density at radius 3 is 3.15 bits per heavy atom. The predicted octanol–water partition coefficient (Wildman–Crippen LogP) is 4.03. The van der Waals surface area contributed by atoms with Crippen LogP contribution in [0.3, 0.4) is 0 Å². The Morgan fingerprint density at radius 2 is 2.30 bits per heavy atom. The zero-order valence-corrected chi connectivity index (χ0v) is 12.0. The van der Waals surface area contributed by atoms with Gasteiger partial charge in [-0.1, -0.05) is 11.6 Å². The number of aromatic nitrogens is 1. The van der Waals surface area contributed by atoms with E-state index in [2.05, 4.69) is 4.98 Å². The standard InChI is InChI=1S/C14H11ClFNO2S/c15-12-2-1-3-17-14(12)20-7-10-5-11(16)4-9-6-18-8-19-13(9)10/h1-5H,6-8H2. The quantitative estimate of drug-likeness (QED) is 0.801. The van der Waals surface area contributed by atoms with Crippen molar-refractivity contribution in [3.05, 3.63) is 52.4 Å². The number of halogens is 2. The summed E-state index contributed by atoms with van der Waals surface area (Å²) in [5.41, 5.74) is 1.52. The number of thioether (sulfide) groups is 1. The van der Waals surface area contributed by atoms with E-state index >= 15 is 0 Å². The second-order valence-corrected chi connectivity index (χ2v) is 5.61. The van der Waals surface area contributed by atoms with Gasteiger partial charge in [0.25, 0.3) is 0 Å². The van der Waals surface area contributed by atoms with Crippen molar-refractivity contribution in [3.8, 4) is 5.75 Å². The van der Waals surface area contributed by atoms with Crippen LogP contribution in [0.1, 0.15) is 11.1 Å². The van der Waals surface area contributed by atoms with E-state index in [0.29, 0.717) is 23.1 Å². The number of rotatable bonds is 3. The Hall–Kier alpha value is -1.30. The highest BCUT2D eigenvalue weighted by molar-refractivity contribution is 7.98. The first kappa shape index (κ1) is 13.7. The van der Waals surface area contributed by atoms with Gasteiger partial charge in [0.1, 0.15) is 16.6 Å². The molecule has 104 valence electrons. The van der Waals surface area contributed by atoms with E-state index < -0.39 is 0 Å². The molecule has 3 nitrogen and oxygen atoms in total. The Balaban J connectivity index is 1.84. The highest BCUT2D eigenvalue weighted by Gasteiger charge is 2.17. The van der Waals surface area contributed by atoms with Gasteiger partial charge in [0, 0.05) is 23.1 Å². The summed E-state index contributed by atoms with van der Waals surface area (Å²) >= 11 is 7.51. The third-order valence-electron chi connectivity index (χ3n) is 2.84. The van der Waals surface area contributed by atoms with Gasteiger partial charge in [-0.05, 0) is 24.3 Å². The molecule has 0 fully saturated rings. The number of fused-ring (bicyclic) bond motifs is 1.